The van der Waals surface area contributed by atoms with Gasteiger partial charge in [-0.1, -0.05) is 36.4 Å². The largest absolute Gasteiger partial charge is 0.478 e. The standard InChI is InChI=1S/C21H21N3O2/c25-21(26)19-8-3-2-7-18(19)16-10-13-23(14-16)15-17-6-1-4-9-20(17)24-12-5-11-22-24/h1-9,11-12,16H,10,13-15H2,(H,25,26). The number of rotatable bonds is 5. The summed E-state index contributed by atoms with van der Waals surface area (Å²) in [4.78, 5) is 13.9. The molecule has 1 aliphatic heterocycles. The van der Waals surface area contributed by atoms with Gasteiger partial charge in [0.05, 0.1) is 11.3 Å². The van der Waals surface area contributed by atoms with Gasteiger partial charge in [0.1, 0.15) is 0 Å². The van der Waals surface area contributed by atoms with Gasteiger partial charge in [-0.3, -0.25) is 4.90 Å². The van der Waals surface area contributed by atoms with Crippen molar-refractivity contribution in [2.24, 2.45) is 0 Å². The van der Waals surface area contributed by atoms with E-state index in [4.69, 9.17) is 0 Å². The van der Waals surface area contributed by atoms with Crippen molar-refractivity contribution in [3.8, 4) is 5.69 Å². The third kappa shape index (κ3) is 3.26. The van der Waals surface area contributed by atoms with Gasteiger partial charge in [-0.2, -0.15) is 5.10 Å². The number of aromatic carboxylic acids is 1. The summed E-state index contributed by atoms with van der Waals surface area (Å²) in [5.41, 5.74) is 3.69. The first kappa shape index (κ1) is 16.5. The molecule has 1 N–H and O–H groups in total. The predicted octanol–water partition coefficient (Wildman–Crippen LogP) is 3.56. The molecule has 1 atom stereocenters. The van der Waals surface area contributed by atoms with Crippen LogP contribution in [0.2, 0.25) is 0 Å². The van der Waals surface area contributed by atoms with E-state index < -0.39 is 5.97 Å². The SMILES string of the molecule is O=C(O)c1ccccc1C1CCN(Cc2ccccc2-n2cccn2)C1. The van der Waals surface area contributed by atoms with Gasteiger partial charge in [0, 0.05) is 25.5 Å². The predicted molar refractivity (Wildman–Crippen MR) is 99.6 cm³/mol. The van der Waals surface area contributed by atoms with Gasteiger partial charge < -0.3 is 5.11 Å². The zero-order valence-corrected chi connectivity index (χ0v) is 14.5. The smallest absolute Gasteiger partial charge is 0.335 e. The van der Waals surface area contributed by atoms with Gasteiger partial charge >= 0.3 is 5.97 Å². The van der Waals surface area contributed by atoms with Crippen molar-refractivity contribution in [2.75, 3.05) is 13.1 Å². The molecule has 1 unspecified atom stereocenters. The zero-order valence-electron chi connectivity index (χ0n) is 14.5. The summed E-state index contributed by atoms with van der Waals surface area (Å²) < 4.78 is 1.89. The van der Waals surface area contributed by atoms with Crippen LogP contribution in [0, 0.1) is 0 Å². The normalized spacial score (nSPS) is 17.5. The van der Waals surface area contributed by atoms with Crippen molar-refractivity contribution in [3.63, 3.8) is 0 Å². The molecule has 1 saturated heterocycles. The van der Waals surface area contributed by atoms with Crippen molar-refractivity contribution >= 4 is 5.97 Å². The first-order valence-electron chi connectivity index (χ1n) is 8.85. The molecule has 2 heterocycles. The lowest BCUT2D eigenvalue weighted by Crippen LogP contribution is -2.21. The van der Waals surface area contributed by atoms with E-state index in [1.54, 1.807) is 18.3 Å². The first-order valence-corrected chi connectivity index (χ1v) is 8.85. The summed E-state index contributed by atoms with van der Waals surface area (Å²) >= 11 is 0. The number of carbonyl (C=O) groups is 1. The zero-order chi connectivity index (χ0) is 17.9. The third-order valence-corrected chi connectivity index (χ3v) is 5.04. The number of hydrogen-bond donors (Lipinski definition) is 1. The maximum absolute atomic E-state index is 11.5. The van der Waals surface area contributed by atoms with E-state index in [1.807, 2.05) is 35.1 Å². The Bertz CT molecular complexity index is 905. The summed E-state index contributed by atoms with van der Waals surface area (Å²) in [5, 5.41) is 13.8. The highest BCUT2D eigenvalue weighted by Crippen LogP contribution is 2.31. The molecule has 0 bridgehead atoms. The van der Waals surface area contributed by atoms with E-state index in [0.717, 1.165) is 37.3 Å². The van der Waals surface area contributed by atoms with Crippen LogP contribution in [0.3, 0.4) is 0 Å². The van der Waals surface area contributed by atoms with E-state index in [2.05, 4.69) is 28.2 Å². The highest BCUT2D eigenvalue weighted by Gasteiger charge is 2.27. The lowest BCUT2D eigenvalue weighted by molar-refractivity contribution is 0.0695. The maximum atomic E-state index is 11.5. The molecule has 3 aromatic rings. The highest BCUT2D eigenvalue weighted by atomic mass is 16.4. The number of hydrogen-bond acceptors (Lipinski definition) is 3. The topological polar surface area (TPSA) is 58.4 Å². The van der Waals surface area contributed by atoms with Crippen molar-refractivity contribution in [1.29, 1.82) is 0 Å². The van der Waals surface area contributed by atoms with Gasteiger partial charge in [-0.15, -0.1) is 0 Å². The Morgan fingerprint density at radius 2 is 1.92 bits per heavy atom. The second kappa shape index (κ2) is 7.14. The van der Waals surface area contributed by atoms with Gasteiger partial charge in [0.2, 0.25) is 0 Å². The minimum atomic E-state index is -0.844. The number of likely N-dealkylation sites (tertiary alicyclic amines) is 1. The van der Waals surface area contributed by atoms with Crippen LogP contribution in [0.25, 0.3) is 5.69 Å². The Labute approximate surface area is 152 Å². The molecule has 2 aromatic carbocycles. The van der Waals surface area contributed by atoms with Crippen LogP contribution in [0.4, 0.5) is 0 Å². The van der Waals surface area contributed by atoms with Gasteiger partial charge in [0.15, 0.2) is 0 Å². The molecule has 132 valence electrons. The Hall–Kier alpha value is -2.92. The minimum absolute atomic E-state index is 0.263. The molecule has 1 fully saturated rings. The van der Waals surface area contributed by atoms with Gasteiger partial charge in [-0.05, 0) is 48.2 Å². The van der Waals surface area contributed by atoms with Gasteiger partial charge in [-0.25, -0.2) is 9.48 Å². The van der Waals surface area contributed by atoms with E-state index >= 15 is 0 Å². The minimum Gasteiger partial charge on any atom is -0.478 e. The number of carboxylic acids is 1. The Balaban J connectivity index is 1.52. The Kier molecular flexibility index (Phi) is 4.54. The van der Waals surface area contributed by atoms with Crippen LogP contribution in [0.15, 0.2) is 67.0 Å². The molecule has 5 heteroatoms. The molecule has 1 aromatic heterocycles. The highest BCUT2D eigenvalue weighted by molar-refractivity contribution is 5.89. The summed E-state index contributed by atoms with van der Waals surface area (Å²) in [6, 6.07) is 17.6. The molecule has 0 saturated carbocycles. The number of aromatic nitrogens is 2. The number of nitrogens with zero attached hydrogens (tertiary/aromatic N) is 3. The lowest BCUT2D eigenvalue weighted by atomic mass is 9.93. The number of carboxylic acid groups (broad SMARTS) is 1. The fourth-order valence-electron chi connectivity index (χ4n) is 3.80. The number of para-hydroxylation sites is 1. The first-order chi connectivity index (χ1) is 12.7. The van der Waals surface area contributed by atoms with Crippen LogP contribution in [0.5, 0.6) is 0 Å². The van der Waals surface area contributed by atoms with E-state index in [-0.39, 0.29) is 5.92 Å². The average Bonchev–Trinajstić information content (AvgIpc) is 3.34. The molecule has 4 rings (SSSR count). The number of benzene rings is 2. The summed E-state index contributed by atoms with van der Waals surface area (Å²) in [5.74, 6) is -0.581. The summed E-state index contributed by atoms with van der Waals surface area (Å²) in [6.07, 6.45) is 4.72. The van der Waals surface area contributed by atoms with E-state index in [9.17, 15) is 9.90 Å². The molecule has 1 aliphatic rings. The fraction of sp³-hybridized carbons (Fsp3) is 0.238. The van der Waals surface area contributed by atoms with Crippen molar-refractivity contribution in [2.45, 2.75) is 18.9 Å². The van der Waals surface area contributed by atoms with E-state index in [1.165, 1.54) is 5.56 Å². The molecular weight excluding hydrogens is 326 g/mol. The second-order valence-corrected chi connectivity index (χ2v) is 6.69. The van der Waals surface area contributed by atoms with Gasteiger partial charge in [0.25, 0.3) is 0 Å². The fourth-order valence-corrected chi connectivity index (χ4v) is 3.80. The third-order valence-electron chi connectivity index (χ3n) is 5.04. The monoisotopic (exact) mass is 347 g/mol. The molecule has 0 amide bonds. The van der Waals surface area contributed by atoms with Crippen LogP contribution in [-0.4, -0.2) is 38.8 Å². The average molecular weight is 347 g/mol. The van der Waals surface area contributed by atoms with E-state index in [0.29, 0.717) is 5.56 Å². The molecule has 0 aliphatic carbocycles. The Morgan fingerprint density at radius 3 is 2.73 bits per heavy atom. The molecular formula is C21H21N3O2. The van der Waals surface area contributed by atoms with Crippen molar-refractivity contribution in [3.05, 3.63) is 83.7 Å². The lowest BCUT2D eigenvalue weighted by Gasteiger charge is -2.19. The second-order valence-electron chi connectivity index (χ2n) is 6.69. The van der Waals surface area contributed by atoms with Crippen molar-refractivity contribution < 1.29 is 9.90 Å². The van der Waals surface area contributed by atoms with Crippen LogP contribution in [-0.2, 0) is 6.54 Å². The molecule has 0 radical (unpaired) electrons. The van der Waals surface area contributed by atoms with Crippen LogP contribution >= 0.6 is 0 Å². The van der Waals surface area contributed by atoms with Crippen LogP contribution < -0.4 is 0 Å². The Morgan fingerprint density at radius 1 is 1.12 bits per heavy atom. The maximum Gasteiger partial charge on any atom is 0.335 e. The van der Waals surface area contributed by atoms with Crippen molar-refractivity contribution in [1.82, 2.24) is 14.7 Å². The molecule has 26 heavy (non-hydrogen) atoms. The summed E-state index contributed by atoms with van der Waals surface area (Å²) in [7, 11) is 0. The molecule has 0 spiro atoms. The molecule has 5 nitrogen and oxygen atoms in total. The summed E-state index contributed by atoms with van der Waals surface area (Å²) in [6.45, 7) is 2.67. The quantitative estimate of drug-likeness (QED) is 0.767. The van der Waals surface area contributed by atoms with Crippen LogP contribution in [0.1, 0.15) is 33.8 Å².